The second-order valence-corrected chi connectivity index (χ2v) is 14.1. The number of rotatable bonds is 38. The number of esters is 2. The molecule has 5 heteroatoms. The molecule has 0 saturated carbocycles. The van der Waals surface area contributed by atoms with Gasteiger partial charge in [-0.1, -0.05) is 191 Å². The number of hydrogen-bond acceptors (Lipinski definition) is 5. The van der Waals surface area contributed by atoms with Crippen LogP contribution < -0.4 is 0 Å². The van der Waals surface area contributed by atoms with Crippen molar-refractivity contribution in [2.45, 2.75) is 213 Å². The van der Waals surface area contributed by atoms with Gasteiger partial charge in [0.05, 0.1) is 6.61 Å². The van der Waals surface area contributed by atoms with Gasteiger partial charge in [0.25, 0.3) is 0 Å². The van der Waals surface area contributed by atoms with Gasteiger partial charge in [-0.3, -0.25) is 9.59 Å². The van der Waals surface area contributed by atoms with Gasteiger partial charge in [0.2, 0.25) is 0 Å². The average molecular weight is 701 g/mol. The van der Waals surface area contributed by atoms with Crippen LogP contribution in [0.25, 0.3) is 0 Å². The fraction of sp³-hybridized carbons (Fsp3) is 0.778. The van der Waals surface area contributed by atoms with Crippen LogP contribution in [0, 0.1) is 0 Å². The summed E-state index contributed by atoms with van der Waals surface area (Å²) in [6, 6.07) is 0. The lowest BCUT2D eigenvalue weighted by atomic mass is 10.0. The van der Waals surface area contributed by atoms with Gasteiger partial charge in [-0.15, -0.1) is 0 Å². The summed E-state index contributed by atoms with van der Waals surface area (Å²) in [4.78, 5) is 24.3. The van der Waals surface area contributed by atoms with Gasteiger partial charge in [0, 0.05) is 12.8 Å². The van der Waals surface area contributed by atoms with Crippen LogP contribution in [0.3, 0.4) is 0 Å². The highest BCUT2D eigenvalue weighted by atomic mass is 16.6. The summed E-state index contributed by atoms with van der Waals surface area (Å²) in [6.45, 7) is 4.08. The molecule has 5 nitrogen and oxygen atoms in total. The Morgan fingerprint density at radius 3 is 1.26 bits per heavy atom. The number of hydrogen-bond donors (Lipinski definition) is 1. The quantitative estimate of drug-likeness (QED) is 0.0394. The summed E-state index contributed by atoms with van der Waals surface area (Å²) >= 11 is 0. The largest absolute Gasteiger partial charge is 0.462 e. The van der Waals surface area contributed by atoms with Crippen LogP contribution >= 0.6 is 0 Å². The van der Waals surface area contributed by atoms with Crippen molar-refractivity contribution in [3.05, 3.63) is 48.6 Å². The molecule has 0 aromatic heterocycles. The molecule has 0 aromatic carbocycles. The predicted octanol–water partition coefficient (Wildman–Crippen LogP) is 13.4. The molecule has 1 N–H and O–H groups in total. The van der Waals surface area contributed by atoms with E-state index in [1.807, 2.05) is 0 Å². The van der Waals surface area contributed by atoms with Gasteiger partial charge < -0.3 is 14.6 Å². The molecule has 0 aromatic rings. The maximum absolute atomic E-state index is 12.2. The van der Waals surface area contributed by atoms with E-state index in [1.165, 1.54) is 128 Å². The van der Waals surface area contributed by atoms with Crippen LogP contribution in [0.4, 0.5) is 0 Å². The van der Waals surface area contributed by atoms with Gasteiger partial charge in [-0.25, -0.2) is 0 Å². The second kappa shape index (κ2) is 41.3. The molecule has 0 spiro atoms. The summed E-state index contributed by atoms with van der Waals surface area (Å²) < 4.78 is 10.6. The molecular weight excluding hydrogens is 620 g/mol. The lowest BCUT2D eigenvalue weighted by molar-refractivity contribution is -0.161. The third-order valence-corrected chi connectivity index (χ3v) is 9.13. The molecule has 0 aliphatic heterocycles. The lowest BCUT2D eigenvalue weighted by Crippen LogP contribution is -2.28. The van der Waals surface area contributed by atoms with E-state index in [0.29, 0.717) is 12.8 Å². The smallest absolute Gasteiger partial charge is 0.306 e. The van der Waals surface area contributed by atoms with E-state index in [9.17, 15) is 14.7 Å². The number of unbranched alkanes of at least 4 members (excludes halogenated alkanes) is 22. The van der Waals surface area contributed by atoms with Crippen molar-refractivity contribution < 1.29 is 24.2 Å². The first kappa shape index (κ1) is 47.9. The third-order valence-electron chi connectivity index (χ3n) is 9.13. The Morgan fingerprint density at radius 2 is 0.820 bits per heavy atom. The zero-order chi connectivity index (χ0) is 36.4. The highest BCUT2D eigenvalue weighted by Crippen LogP contribution is 2.15. The topological polar surface area (TPSA) is 72.8 Å². The minimum Gasteiger partial charge on any atom is -0.462 e. The first-order valence-corrected chi connectivity index (χ1v) is 21.2. The fourth-order valence-electron chi connectivity index (χ4n) is 5.90. The summed E-state index contributed by atoms with van der Waals surface area (Å²) in [5, 5.41) is 9.56. The van der Waals surface area contributed by atoms with Crippen molar-refractivity contribution in [1.29, 1.82) is 0 Å². The summed E-state index contributed by atoms with van der Waals surface area (Å²) in [7, 11) is 0. The molecule has 0 radical (unpaired) electrons. The van der Waals surface area contributed by atoms with Crippen LogP contribution in [0.1, 0.15) is 206 Å². The monoisotopic (exact) mass is 701 g/mol. The van der Waals surface area contributed by atoms with Crippen LogP contribution in [-0.4, -0.2) is 36.4 Å². The van der Waals surface area contributed by atoms with Gasteiger partial charge in [0.15, 0.2) is 6.10 Å². The lowest BCUT2D eigenvalue weighted by Gasteiger charge is -2.15. The SMILES string of the molecule is CCCCCC=CCC=CCC=CCC=CCCCC(=O)O[C@@H](CO)COC(=O)CCCCCCCCCCCCCCCCCCCCC. The maximum atomic E-state index is 12.2. The molecule has 0 saturated heterocycles. The van der Waals surface area contributed by atoms with Crippen molar-refractivity contribution in [1.82, 2.24) is 0 Å². The van der Waals surface area contributed by atoms with E-state index in [-0.39, 0.29) is 31.6 Å². The van der Waals surface area contributed by atoms with Crippen molar-refractivity contribution >= 4 is 11.9 Å². The van der Waals surface area contributed by atoms with Crippen LogP contribution in [0.15, 0.2) is 48.6 Å². The Balaban J connectivity index is 3.60. The Bertz CT molecular complexity index is 842. The number of aliphatic hydroxyl groups excluding tert-OH is 1. The van der Waals surface area contributed by atoms with Gasteiger partial charge in [-0.05, 0) is 51.4 Å². The molecule has 1 atom stereocenters. The molecule has 0 unspecified atom stereocenters. The standard InChI is InChI=1S/C45H80O5/c1-3-5-7-9-11-13-15-17-19-21-22-24-25-27-29-31-33-35-37-39-44(47)49-42-43(41-46)50-45(48)40-38-36-34-32-30-28-26-23-20-18-16-14-12-10-8-6-4-2/h12,14,18,20,26,28,32,34,43,46H,3-11,13,15-17,19,21-25,27,29-31,33,35-42H2,1-2H3/t43-/m0/s1. The minimum absolute atomic E-state index is 0.0859. The van der Waals surface area contributed by atoms with Crippen molar-refractivity contribution in [3.63, 3.8) is 0 Å². The highest BCUT2D eigenvalue weighted by molar-refractivity contribution is 5.70. The second-order valence-electron chi connectivity index (χ2n) is 14.1. The Labute approximate surface area is 309 Å². The van der Waals surface area contributed by atoms with Crippen molar-refractivity contribution in [2.24, 2.45) is 0 Å². The number of carbonyl (C=O) groups is 2. The number of allylic oxidation sites excluding steroid dienone is 8. The molecule has 0 aliphatic carbocycles. The third kappa shape index (κ3) is 38.7. The fourth-order valence-corrected chi connectivity index (χ4v) is 5.90. The molecule has 0 amide bonds. The van der Waals surface area contributed by atoms with E-state index < -0.39 is 6.10 Å². The van der Waals surface area contributed by atoms with E-state index in [1.54, 1.807) is 0 Å². The van der Waals surface area contributed by atoms with Gasteiger partial charge in [0.1, 0.15) is 6.61 Å². The maximum Gasteiger partial charge on any atom is 0.306 e. The van der Waals surface area contributed by atoms with E-state index in [0.717, 1.165) is 44.9 Å². The number of ether oxygens (including phenoxy) is 2. The van der Waals surface area contributed by atoms with E-state index in [4.69, 9.17) is 9.47 Å². The molecule has 0 bridgehead atoms. The Hall–Kier alpha value is -2.14. The molecule has 0 heterocycles. The van der Waals surface area contributed by atoms with Gasteiger partial charge in [-0.2, -0.15) is 0 Å². The normalized spacial score (nSPS) is 12.6. The van der Waals surface area contributed by atoms with Crippen molar-refractivity contribution in [2.75, 3.05) is 13.2 Å². The first-order chi connectivity index (χ1) is 24.6. The van der Waals surface area contributed by atoms with Gasteiger partial charge >= 0.3 is 11.9 Å². The highest BCUT2D eigenvalue weighted by Gasteiger charge is 2.16. The zero-order valence-corrected chi connectivity index (χ0v) is 32.9. The van der Waals surface area contributed by atoms with Crippen LogP contribution in [0.2, 0.25) is 0 Å². The summed E-state index contributed by atoms with van der Waals surface area (Å²) in [5.41, 5.74) is 0. The predicted molar refractivity (Wildman–Crippen MR) is 214 cm³/mol. The average Bonchev–Trinajstić information content (AvgIpc) is 3.12. The molecule has 0 rings (SSSR count). The molecule has 0 fully saturated rings. The Morgan fingerprint density at radius 1 is 0.460 bits per heavy atom. The zero-order valence-electron chi connectivity index (χ0n) is 32.9. The van der Waals surface area contributed by atoms with Crippen LogP contribution in [-0.2, 0) is 19.1 Å². The van der Waals surface area contributed by atoms with Crippen LogP contribution in [0.5, 0.6) is 0 Å². The number of aliphatic hydroxyl groups is 1. The summed E-state index contributed by atoms with van der Waals surface area (Å²) in [6.07, 6.45) is 51.8. The van der Waals surface area contributed by atoms with E-state index >= 15 is 0 Å². The van der Waals surface area contributed by atoms with E-state index in [2.05, 4.69) is 62.5 Å². The summed E-state index contributed by atoms with van der Waals surface area (Å²) in [5.74, 6) is -0.651. The molecule has 290 valence electrons. The minimum atomic E-state index is -0.798. The molecular formula is C45H80O5. The first-order valence-electron chi connectivity index (χ1n) is 21.2. The molecule has 50 heavy (non-hydrogen) atoms. The molecule has 0 aliphatic rings. The van der Waals surface area contributed by atoms with Crippen molar-refractivity contribution in [3.8, 4) is 0 Å². The number of carbonyl (C=O) groups excluding carboxylic acids is 2. The Kier molecular flexibility index (Phi) is 39.5.